The van der Waals surface area contributed by atoms with E-state index in [9.17, 15) is 18.0 Å². The third-order valence-corrected chi connectivity index (χ3v) is 7.03. The highest BCUT2D eigenvalue weighted by atomic mass is 32.2. The number of likely N-dealkylation sites (tertiary alicyclic amines) is 1. The summed E-state index contributed by atoms with van der Waals surface area (Å²) in [5, 5.41) is 2.83. The summed E-state index contributed by atoms with van der Waals surface area (Å²) in [6, 6.07) is 11.5. The van der Waals surface area contributed by atoms with Crippen LogP contribution in [0.1, 0.15) is 41.7 Å². The number of aryl methyl sites for hydroxylation is 1. The number of aromatic nitrogens is 1. The van der Waals surface area contributed by atoms with Crippen LogP contribution < -0.4 is 10.0 Å². The van der Waals surface area contributed by atoms with Crippen LogP contribution in [0.25, 0.3) is 0 Å². The van der Waals surface area contributed by atoms with E-state index in [4.69, 9.17) is 0 Å². The maximum absolute atomic E-state index is 13.1. The molecule has 1 aliphatic heterocycles. The van der Waals surface area contributed by atoms with Crippen molar-refractivity contribution in [3.05, 3.63) is 53.7 Å². The quantitative estimate of drug-likeness (QED) is 0.714. The zero-order chi connectivity index (χ0) is 22.0. The summed E-state index contributed by atoms with van der Waals surface area (Å²) in [4.78, 5) is 31.8. The number of pyridine rings is 1. The number of amides is 2. The fourth-order valence-electron chi connectivity index (χ4n) is 3.68. The highest BCUT2D eigenvalue weighted by Gasteiger charge is 2.31. The Hall–Kier alpha value is -2.78. The Morgan fingerprint density at radius 1 is 1.10 bits per heavy atom. The van der Waals surface area contributed by atoms with Crippen molar-refractivity contribution in [2.24, 2.45) is 5.92 Å². The molecule has 2 heterocycles. The number of nitrogens with zero attached hydrogens (tertiary/aromatic N) is 2. The van der Waals surface area contributed by atoms with Gasteiger partial charge in [0, 0.05) is 30.4 Å². The van der Waals surface area contributed by atoms with Gasteiger partial charge in [-0.05, 0) is 62.9 Å². The third kappa shape index (κ3) is 5.29. The van der Waals surface area contributed by atoms with Gasteiger partial charge in [-0.2, -0.15) is 0 Å². The third-order valence-electron chi connectivity index (χ3n) is 5.51. The fraction of sp³-hybridized carbons (Fsp3) is 0.409. The van der Waals surface area contributed by atoms with Crippen molar-refractivity contribution in [1.29, 1.82) is 0 Å². The zero-order valence-electron chi connectivity index (χ0n) is 17.4. The number of anilines is 1. The molecule has 8 nitrogen and oxygen atoms in total. The summed E-state index contributed by atoms with van der Waals surface area (Å²) in [5.41, 5.74) is 1.12. The van der Waals surface area contributed by atoms with E-state index in [1.165, 1.54) is 12.1 Å². The first-order valence-electron chi connectivity index (χ1n) is 10.5. The lowest BCUT2D eigenvalue weighted by Gasteiger charge is -2.32. The molecule has 9 heteroatoms. The van der Waals surface area contributed by atoms with Gasteiger partial charge >= 0.3 is 0 Å². The van der Waals surface area contributed by atoms with E-state index >= 15 is 0 Å². The van der Waals surface area contributed by atoms with Gasteiger partial charge in [0.1, 0.15) is 5.82 Å². The smallest absolute Gasteiger partial charge is 0.253 e. The number of benzene rings is 1. The Balaban J connectivity index is 1.44. The van der Waals surface area contributed by atoms with Crippen LogP contribution in [0, 0.1) is 12.8 Å². The summed E-state index contributed by atoms with van der Waals surface area (Å²) in [7, 11) is -3.64. The minimum Gasteiger partial charge on any atom is -0.338 e. The number of nitrogens with one attached hydrogen (secondary N) is 2. The topological polar surface area (TPSA) is 108 Å². The first kappa shape index (κ1) is 21.5. The molecule has 2 aromatic rings. The minimum absolute atomic E-state index is 0.00591. The van der Waals surface area contributed by atoms with Crippen LogP contribution >= 0.6 is 0 Å². The monoisotopic (exact) mass is 442 g/mol. The average molecular weight is 443 g/mol. The molecule has 0 radical (unpaired) electrons. The number of carbonyl (C=O) groups excluding carboxylic acids is 2. The van der Waals surface area contributed by atoms with Crippen molar-refractivity contribution in [2.75, 3.05) is 18.4 Å². The second-order valence-electron chi connectivity index (χ2n) is 8.17. The van der Waals surface area contributed by atoms with Gasteiger partial charge in [0.05, 0.1) is 10.8 Å². The number of rotatable bonds is 6. The predicted octanol–water partition coefficient (Wildman–Crippen LogP) is 2.32. The van der Waals surface area contributed by atoms with Crippen molar-refractivity contribution in [3.63, 3.8) is 0 Å². The van der Waals surface area contributed by atoms with Gasteiger partial charge in [-0.25, -0.2) is 18.1 Å². The molecule has 2 aliphatic rings. The summed E-state index contributed by atoms with van der Waals surface area (Å²) in [6.07, 6.45) is 3.06. The van der Waals surface area contributed by atoms with E-state index in [-0.39, 0.29) is 35.2 Å². The van der Waals surface area contributed by atoms with Gasteiger partial charge in [-0.3, -0.25) is 9.59 Å². The van der Waals surface area contributed by atoms with Crippen molar-refractivity contribution < 1.29 is 18.0 Å². The standard InChI is InChI=1S/C22H26N4O4S/c1-15-5-2-9-20(23-15)24-21(27)17-7-4-12-26(14-17)22(28)16-6-3-8-19(13-16)31(29,30)25-18-10-11-18/h2-3,5-6,8-9,13,17-18,25H,4,7,10-12,14H2,1H3,(H,23,24,27). The van der Waals surface area contributed by atoms with Crippen molar-refractivity contribution in [2.45, 2.75) is 43.5 Å². The molecule has 1 aromatic carbocycles. The SMILES string of the molecule is Cc1cccc(NC(=O)C2CCCN(C(=O)c3cccc(S(=O)(=O)NC4CC4)c3)C2)n1. The molecule has 1 aliphatic carbocycles. The lowest BCUT2D eigenvalue weighted by atomic mass is 9.96. The lowest BCUT2D eigenvalue weighted by Crippen LogP contribution is -2.43. The molecule has 4 rings (SSSR count). The van der Waals surface area contributed by atoms with E-state index in [1.54, 1.807) is 23.1 Å². The number of piperidine rings is 1. The van der Waals surface area contributed by atoms with Crippen LogP contribution in [0.3, 0.4) is 0 Å². The lowest BCUT2D eigenvalue weighted by molar-refractivity contribution is -0.121. The Kier molecular flexibility index (Phi) is 6.06. The molecular weight excluding hydrogens is 416 g/mol. The summed E-state index contributed by atoms with van der Waals surface area (Å²) in [5.74, 6) is -0.284. The molecule has 0 spiro atoms. The average Bonchev–Trinajstić information content (AvgIpc) is 3.57. The highest BCUT2D eigenvalue weighted by Crippen LogP contribution is 2.24. The predicted molar refractivity (Wildman–Crippen MR) is 116 cm³/mol. The normalized spacial score (nSPS) is 19.1. The summed E-state index contributed by atoms with van der Waals surface area (Å²) < 4.78 is 27.6. The molecule has 0 bridgehead atoms. The number of carbonyl (C=O) groups is 2. The highest BCUT2D eigenvalue weighted by molar-refractivity contribution is 7.89. The number of hydrogen-bond acceptors (Lipinski definition) is 5. The van der Waals surface area contributed by atoms with Gasteiger partial charge in [-0.1, -0.05) is 12.1 Å². The van der Waals surface area contributed by atoms with Gasteiger partial charge in [0.25, 0.3) is 5.91 Å². The zero-order valence-corrected chi connectivity index (χ0v) is 18.2. The van der Waals surface area contributed by atoms with E-state index in [0.29, 0.717) is 30.8 Å². The summed E-state index contributed by atoms with van der Waals surface area (Å²) >= 11 is 0. The molecular formula is C22H26N4O4S. The minimum atomic E-state index is -3.64. The Bertz CT molecular complexity index is 1100. The molecule has 2 amide bonds. The molecule has 1 unspecified atom stereocenters. The Morgan fingerprint density at radius 2 is 1.87 bits per heavy atom. The Morgan fingerprint density at radius 3 is 2.61 bits per heavy atom. The largest absolute Gasteiger partial charge is 0.338 e. The van der Waals surface area contributed by atoms with E-state index in [1.807, 2.05) is 19.1 Å². The van der Waals surface area contributed by atoms with Crippen LogP contribution in [0.5, 0.6) is 0 Å². The second kappa shape index (κ2) is 8.76. The van der Waals surface area contributed by atoms with Crippen molar-refractivity contribution >= 4 is 27.7 Å². The molecule has 1 saturated heterocycles. The molecule has 164 valence electrons. The molecule has 1 saturated carbocycles. The van der Waals surface area contributed by atoms with Crippen LogP contribution in [-0.2, 0) is 14.8 Å². The number of sulfonamides is 1. The van der Waals surface area contributed by atoms with Crippen LogP contribution in [0.2, 0.25) is 0 Å². The van der Waals surface area contributed by atoms with Crippen LogP contribution in [-0.4, -0.2) is 49.2 Å². The molecule has 2 fully saturated rings. The molecule has 1 atom stereocenters. The van der Waals surface area contributed by atoms with Gasteiger partial charge < -0.3 is 10.2 Å². The van der Waals surface area contributed by atoms with Crippen LogP contribution in [0.4, 0.5) is 5.82 Å². The maximum atomic E-state index is 13.1. The molecule has 2 N–H and O–H groups in total. The molecule has 1 aromatic heterocycles. The maximum Gasteiger partial charge on any atom is 0.253 e. The van der Waals surface area contributed by atoms with E-state index in [0.717, 1.165) is 18.5 Å². The fourth-order valence-corrected chi connectivity index (χ4v) is 5.03. The number of hydrogen-bond donors (Lipinski definition) is 2. The summed E-state index contributed by atoms with van der Waals surface area (Å²) in [6.45, 7) is 2.67. The van der Waals surface area contributed by atoms with Gasteiger partial charge in [-0.15, -0.1) is 0 Å². The first-order valence-corrected chi connectivity index (χ1v) is 12.0. The second-order valence-corrected chi connectivity index (χ2v) is 9.88. The van der Waals surface area contributed by atoms with Gasteiger partial charge in [0.15, 0.2) is 0 Å². The first-order chi connectivity index (χ1) is 14.8. The van der Waals surface area contributed by atoms with Crippen molar-refractivity contribution in [3.8, 4) is 0 Å². The van der Waals surface area contributed by atoms with E-state index < -0.39 is 10.0 Å². The van der Waals surface area contributed by atoms with Crippen molar-refractivity contribution in [1.82, 2.24) is 14.6 Å². The molecule has 31 heavy (non-hydrogen) atoms. The Labute approximate surface area is 182 Å². The van der Waals surface area contributed by atoms with Crippen LogP contribution in [0.15, 0.2) is 47.4 Å². The van der Waals surface area contributed by atoms with E-state index in [2.05, 4.69) is 15.0 Å². The van der Waals surface area contributed by atoms with Gasteiger partial charge in [0.2, 0.25) is 15.9 Å².